The van der Waals surface area contributed by atoms with E-state index in [2.05, 4.69) is 12.2 Å². The Hall–Kier alpha value is -0.600. The summed E-state index contributed by atoms with van der Waals surface area (Å²) in [6.07, 6.45) is 1.98. The zero-order valence-electron chi connectivity index (χ0n) is 8.11. The van der Waals surface area contributed by atoms with Crippen molar-refractivity contribution in [2.24, 2.45) is 0 Å². The molecule has 1 aliphatic rings. The minimum absolute atomic E-state index is 0.245. The summed E-state index contributed by atoms with van der Waals surface area (Å²) in [5.74, 6) is -0.245. The van der Waals surface area contributed by atoms with Crippen LogP contribution >= 0.6 is 11.6 Å². The SMILES string of the molecule is CCC1Cc2c(Cl)cc(F)cc2CN1. The van der Waals surface area contributed by atoms with Crippen molar-refractivity contribution in [2.45, 2.75) is 32.4 Å². The van der Waals surface area contributed by atoms with E-state index in [0.29, 0.717) is 11.1 Å². The van der Waals surface area contributed by atoms with E-state index in [1.54, 1.807) is 6.07 Å². The van der Waals surface area contributed by atoms with Gasteiger partial charge < -0.3 is 5.32 Å². The predicted molar refractivity (Wildman–Crippen MR) is 56.0 cm³/mol. The fraction of sp³-hybridized carbons (Fsp3) is 0.455. The lowest BCUT2D eigenvalue weighted by Gasteiger charge is -2.26. The van der Waals surface area contributed by atoms with Crippen molar-refractivity contribution in [3.8, 4) is 0 Å². The molecule has 1 atom stereocenters. The largest absolute Gasteiger partial charge is 0.310 e. The Balaban J connectivity index is 2.37. The first kappa shape index (κ1) is 9.94. The highest BCUT2D eigenvalue weighted by Crippen LogP contribution is 2.26. The summed E-state index contributed by atoms with van der Waals surface area (Å²) >= 11 is 6.00. The van der Waals surface area contributed by atoms with Gasteiger partial charge in [-0.3, -0.25) is 0 Å². The number of halogens is 2. The number of hydrogen-bond acceptors (Lipinski definition) is 1. The van der Waals surface area contributed by atoms with Gasteiger partial charge in [0, 0.05) is 17.6 Å². The molecule has 0 fully saturated rings. The molecule has 0 saturated carbocycles. The van der Waals surface area contributed by atoms with Gasteiger partial charge >= 0.3 is 0 Å². The van der Waals surface area contributed by atoms with Crippen molar-refractivity contribution < 1.29 is 4.39 Å². The van der Waals surface area contributed by atoms with Crippen LogP contribution in [0.4, 0.5) is 4.39 Å². The van der Waals surface area contributed by atoms with E-state index in [1.807, 2.05) is 0 Å². The Morgan fingerprint density at radius 1 is 1.57 bits per heavy atom. The maximum atomic E-state index is 13.0. The van der Waals surface area contributed by atoms with E-state index in [1.165, 1.54) is 6.07 Å². The molecule has 1 unspecified atom stereocenters. The average molecular weight is 214 g/mol. The van der Waals surface area contributed by atoms with E-state index < -0.39 is 0 Å². The summed E-state index contributed by atoms with van der Waals surface area (Å²) in [5.41, 5.74) is 2.11. The third-order valence-corrected chi connectivity index (χ3v) is 3.11. The predicted octanol–water partition coefficient (Wildman–Crippen LogP) is 2.90. The summed E-state index contributed by atoms with van der Waals surface area (Å²) in [5, 5.41) is 3.92. The van der Waals surface area contributed by atoms with Gasteiger partial charge in [-0.2, -0.15) is 0 Å². The monoisotopic (exact) mass is 213 g/mol. The molecular weight excluding hydrogens is 201 g/mol. The van der Waals surface area contributed by atoms with E-state index in [4.69, 9.17) is 11.6 Å². The number of hydrogen-bond donors (Lipinski definition) is 1. The van der Waals surface area contributed by atoms with Gasteiger partial charge in [0.1, 0.15) is 5.82 Å². The second-order valence-corrected chi connectivity index (χ2v) is 4.12. The van der Waals surface area contributed by atoms with Crippen LogP contribution in [0.3, 0.4) is 0 Å². The van der Waals surface area contributed by atoms with Crippen molar-refractivity contribution in [1.82, 2.24) is 5.32 Å². The topological polar surface area (TPSA) is 12.0 Å². The smallest absolute Gasteiger partial charge is 0.125 e. The number of benzene rings is 1. The third-order valence-electron chi connectivity index (χ3n) is 2.78. The molecule has 0 radical (unpaired) electrons. The van der Waals surface area contributed by atoms with E-state index in [9.17, 15) is 4.39 Å². The first-order valence-electron chi connectivity index (χ1n) is 4.91. The molecule has 1 heterocycles. The second-order valence-electron chi connectivity index (χ2n) is 3.72. The molecule has 1 aliphatic heterocycles. The molecule has 0 spiro atoms. The van der Waals surface area contributed by atoms with Crippen LogP contribution in [0.15, 0.2) is 12.1 Å². The second kappa shape index (κ2) is 3.87. The molecule has 2 rings (SSSR count). The van der Waals surface area contributed by atoms with Crippen LogP contribution in [0.5, 0.6) is 0 Å². The van der Waals surface area contributed by atoms with Crippen LogP contribution in [0, 0.1) is 5.82 Å². The molecule has 0 aromatic heterocycles. The lowest BCUT2D eigenvalue weighted by atomic mass is 9.94. The molecule has 0 amide bonds. The molecule has 76 valence electrons. The van der Waals surface area contributed by atoms with Crippen LogP contribution < -0.4 is 5.32 Å². The van der Waals surface area contributed by atoms with Crippen molar-refractivity contribution >= 4 is 11.6 Å². The van der Waals surface area contributed by atoms with Gasteiger partial charge in [-0.25, -0.2) is 4.39 Å². The molecule has 1 nitrogen and oxygen atoms in total. The molecule has 0 aliphatic carbocycles. The summed E-state index contributed by atoms with van der Waals surface area (Å²) in [6, 6.07) is 3.45. The molecule has 1 N–H and O–H groups in total. The Morgan fingerprint density at radius 3 is 3.07 bits per heavy atom. The first-order valence-corrected chi connectivity index (χ1v) is 5.28. The van der Waals surface area contributed by atoms with Gasteiger partial charge in [0.2, 0.25) is 0 Å². The molecular formula is C11H13ClFN. The number of nitrogens with one attached hydrogen (secondary N) is 1. The van der Waals surface area contributed by atoms with Gasteiger partial charge in [-0.1, -0.05) is 18.5 Å². The zero-order chi connectivity index (χ0) is 10.1. The molecule has 0 saturated heterocycles. The standard InChI is InChI=1S/C11H13ClFN/c1-2-9-5-10-7(6-14-9)3-8(13)4-11(10)12/h3-4,9,14H,2,5-6H2,1H3. The summed E-state index contributed by atoms with van der Waals surface area (Å²) in [6.45, 7) is 2.87. The maximum Gasteiger partial charge on any atom is 0.125 e. The number of rotatable bonds is 1. The third kappa shape index (κ3) is 1.77. The lowest BCUT2D eigenvalue weighted by molar-refractivity contribution is 0.465. The zero-order valence-corrected chi connectivity index (χ0v) is 8.87. The molecule has 3 heteroatoms. The quantitative estimate of drug-likeness (QED) is 0.757. The van der Waals surface area contributed by atoms with Crippen LogP contribution in [0.25, 0.3) is 0 Å². The molecule has 1 aromatic carbocycles. The summed E-state index contributed by atoms with van der Waals surface area (Å²) in [7, 11) is 0. The highest BCUT2D eigenvalue weighted by atomic mass is 35.5. The first-order chi connectivity index (χ1) is 6.70. The molecule has 1 aromatic rings. The number of fused-ring (bicyclic) bond motifs is 1. The summed E-state index contributed by atoms with van der Waals surface area (Å²) in [4.78, 5) is 0. The lowest BCUT2D eigenvalue weighted by Crippen LogP contribution is -2.35. The van der Waals surface area contributed by atoms with Crippen molar-refractivity contribution in [2.75, 3.05) is 0 Å². The molecule has 0 bridgehead atoms. The Morgan fingerprint density at radius 2 is 2.36 bits per heavy atom. The van der Waals surface area contributed by atoms with Gasteiger partial charge in [0.15, 0.2) is 0 Å². The van der Waals surface area contributed by atoms with E-state index in [0.717, 1.165) is 30.5 Å². The maximum absolute atomic E-state index is 13.0. The van der Waals surface area contributed by atoms with Crippen molar-refractivity contribution in [3.63, 3.8) is 0 Å². The van der Waals surface area contributed by atoms with Gasteiger partial charge in [-0.15, -0.1) is 0 Å². The minimum atomic E-state index is -0.245. The van der Waals surface area contributed by atoms with Crippen LogP contribution in [0.1, 0.15) is 24.5 Å². The normalized spacial score (nSPS) is 20.6. The van der Waals surface area contributed by atoms with Crippen LogP contribution in [0.2, 0.25) is 5.02 Å². The Kier molecular flexibility index (Phi) is 2.75. The summed E-state index contributed by atoms with van der Waals surface area (Å²) < 4.78 is 13.0. The Labute approximate surface area is 88.3 Å². The fourth-order valence-electron chi connectivity index (χ4n) is 1.90. The van der Waals surface area contributed by atoms with E-state index >= 15 is 0 Å². The minimum Gasteiger partial charge on any atom is -0.310 e. The van der Waals surface area contributed by atoms with Crippen LogP contribution in [-0.4, -0.2) is 6.04 Å². The van der Waals surface area contributed by atoms with Crippen molar-refractivity contribution in [1.29, 1.82) is 0 Å². The highest BCUT2D eigenvalue weighted by molar-refractivity contribution is 6.31. The molecule has 14 heavy (non-hydrogen) atoms. The fourth-order valence-corrected chi connectivity index (χ4v) is 2.21. The Bertz CT molecular complexity index is 351. The van der Waals surface area contributed by atoms with Gasteiger partial charge in [-0.05, 0) is 36.1 Å². The van der Waals surface area contributed by atoms with Crippen molar-refractivity contribution in [3.05, 3.63) is 34.1 Å². The highest BCUT2D eigenvalue weighted by Gasteiger charge is 2.19. The van der Waals surface area contributed by atoms with Gasteiger partial charge in [0.25, 0.3) is 0 Å². The van der Waals surface area contributed by atoms with E-state index in [-0.39, 0.29) is 5.82 Å². The van der Waals surface area contributed by atoms with Crippen LogP contribution in [-0.2, 0) is 13.0 Å². The average Bonchev–Trinajstić information content (AvgIpc) is 2.17. The van der Waals surface area contributed by atoms with Gasteiger partial charge in [0.05, 0.1) is 0 Å².